The number of aliphatic hydroxyl groups excluding tert-OH is 1. The molecule has 2 heterocycles. The largest absolute Gasteiger partial charge is 0.393 e. The molecule has 0 fully saturated rings. The van der Waals surface area contributed by atoms with Gasteiger partial charge in [-0.05, 0) is 25.2 Å². The molecule has 1 aliphatic rings. The van der Waals surface area contributed by atoms with Crippen molar-refractivity contribution in [2.75, 3.05) is 13.1 Å². The molecule has 1 unspecified atom stereocenters. The number of fused-ring (bicyclic) bond motifs is 1. The summed E-state index contributed by atoms with van der Waals surface area (Å²) in [4.78, 5) is 11.7. The molecule has 130 valence electrons. The molecular formula is C16H29N5O2. The number of aryl methyl sites for hydroxylation is 1. The molecule has 1 atom stereocenters. The van der Waals surface area contributed by atoms with E-state index in [9.17, 15) is 9.90 Å². The maximum Gasteiger partial charge on any atom is 0.314 e. The highest BCUT2D eigenvalue weighted by Gasteiger charge is 2.14. The van der Waals surface area contributed by atoms with Crippen LogP contribution in [-0.2, 0) is 19.4 Å². The van der Waals surface area contributed by atoms with E-state index in [2.05, 4.69) is 25.4 Å². The van der Waals surface area contributed by atoms with Gasteiger partial charge in [-0.15, -0.1) is 10.2 Å². The van der Waals surface area contributed by atoms with Crippen molar-refractivity contribution in [2.45, 2.75) is 65.0 Å². The first-order valence-corrected chi connectivity index (χ1v) is 8.68. The van der Waals surface area contributed by atoms with Gasteiger partial charge in [0.1, 0.15) is 11.6 Å². The number of nitrogens with one attached hydrogen (secondary N) is 2. The van der Waals surface area contributed by atoms with Crippen LogP contribution in [0.1, 0.15) is 51.2 Å². The van der Waals surface area contributed by atoms with Crippen molar-refractivity contribution in [1.82, 2.24) is 25.4 Å². The summed E-state index contributed by atoms with van der Waals surface area (Å²) in [6, 6.07) is -0.198. The molecule has 7 nitrogen and oxygen atoms in total. The molecule has 0 spiro atoms. The van der Waals surface area contributed by atoms with E-state index in [1.807, 2.05) is 13.8 Å². The van der Waals surface area contributed by atoms with Crippen molar-refractivity contribution < 1.29 is 9.90 Å². The molecule has 0 saturated carbocycles. The predicted octanol–water partition coefficient (Wildman–Crippen LogP) is 1.25. The lowest BCUT2D eigenvalue weighted by Gasteiger charge is -2.14. The number of amides is 2. The lowest BCUT2D eigenvalue weighted by atomic mass is 10.0. The molecule has 1 aromatic rings. The summed E-state index contributed by atoms with van der Waals surface area (Å²) >= 11 is 0. The third-order valence-corrected chi connectivity index (χ3v) is 4.32. The van der Waals surface area contributed by atoms with Crippen LogP contribution in [0.3, 0.4) is 0 Å². The number of aliphatic hydroxyl groups is 1. The van der Waals surface area contributed by atoms with Gasteiger partial charge in [-0.2, -0.15) is 0 Å². The summed E-state index contributed by atoms with van der Waals surface area (Å²) in [6.07, 6.45) is 5.48. The zero-order valence-electron chi connectivity index (χ0n) is 14.2. The predicted molar refractivity (Wildman–Crippen MR) is 88.1 cm³/mol. The van der Waals surface area contributed by atoms with Crippen molar-refractivity contribution in [2.24, 2.45) is 5.92 Å². The van der Waals surface area contributed by atoms with E-state index in [4.69, 9.17) is 0 Å². The number of urea groups is 1. The van der Waals surface area contributed by atoms with Crippen LogP contribution < -0.4 is 10.6 Å². The minimum absolute atomic E-state index is 0.198. The molecule has 1 aromatic heterocycles. The van der Waals surface area contributed by atoms with Crippen molar-refractivity contribution in [3.05, 3.63) is 11.6 Å². The summed E-state index contributed by atoms with van der Waals surface area (Å²) in [5.74, 6) is 2.24. The van der Waals surface area contributed by atoms with Gasteiger partial charge in [0.2, 0.25) is 0 Å². The van der Waals surface area contributed by atoms with Crippen LogP contribution in [0.15, 0.2) is 0 Å². The monoisotopic (exact) mass is 323 g/mol. The van der Waals surface area contributed by atoms with Gasteiger partial charge in [0, 0.05) is 32.5 Å². The number of rotatable bonds is 7. The normalized spacial score (nSPS) is 15.8. The Balaban J connectivity index is 1.67. The average Bonchev–Trinajstić information content (AvgIpc) is 2.75. The molecule has 0 aromatic carbocycles. The SMILES string of the molecule is CC(C)C(O)CCNC(=O)NCCc1nnc2n1CCCCC2. The summed E-state index contributed by atoms with van der Waals surface area (Å²) in [5, 5.41) is 23.8. The van der Waals surface area contributed by atoms with Gasteiger partial charge in [0.25, 0.3) is 0 Å². The zero-order chi connectivity index (χ0) is 16.7. The number of carbonyl (C=O) groups is 1. The van der Waals surface area contributed by atoms with Gasteiger partial charge in [-0.25, -0.2) is 4.79 Å². The van der Waals surface area contributed by atoms with Crippen LogP contribution in [0, 0.1) is 5.92 Å². The second-order valence-corrected chi connectivity index (χ2v) is 6.53. The highest BCUT2D eigenvalue weighted by molar-refractivity contribution is 5.73. The first kappa shape index (κ1) is 17.7. The van der Waals surface area contributed by atoms with Crippen molar-refractivity contribution in [1.29, 1.82) is 0 Å². The molecular weight excluding hydrogens is 294 g/mol. The van der Waals surface area contributed by atoms with E-state index < -0.39 is 0 Å². The molecule has 2 amide bonds. The van der Waals surface area contributed by atoms with Gasteiger partial charge >= 0.3 is 6.03 Å². The Hall–Kier alpha value is -1.63. The van der Waals surface area contributed by atoms with Gasteiger partial charge < -0.3 is 20.3 Å². The van der Waals surface area contributed by atoms with E-state index in [1.54, 1.807) is 0 Å². The number of nitrogens with zero attached hydrogens (tertiary/aromatic N) is 3. The van der Waals surface area contributed by atoms with Crippen LogP contribution in [-0.4, -0.2) is 45.1 Å². The molecule has 0 bridgehead atoms. The lowest BCUT2D eigenvalue weighted by Crippen LogP contribution is -2.38. The first-order valence-electron chi connectivity index (χ1n) is 8.68. The smallest absolute Gasteiger partial charge is 0.314 e. The molecule has 0 radical (unpaired) electrons. The van der Waals surface area contributed by atoms with E-state index in [0.717, 1.165) is 24.6 Å². The average molecular weight is 323 g/mol. The van der Waals surface area contributed by atoms with Gasteiger partial charge in [-0.3, -0.25) is 0 Å². The van der Waals surface area contributed by atoms with Gasteiger partial charge in [0.05, 0.1) is 6.10 Å². The summed E-state index contributed by atoms with van der Waals surface area (Å²) in [7, 11) is 0. The second kappa shape index (κ2) is 8.86. The maximum atomic E-state index is 11.7. The lowest BCUT2D eigenvalue weighted by molar-refractivity contribution is 0.116. The van der Waals surface area contributed by atoms with Gasteiger partial charge in [0.15, 0.2) is 0 Å². The summed E-state index contributed by atoms with van der Waals surface area (Å²) < 4.78 is 2.20. The number of aromatic nitrogens is 3. The van der Waals surface area contributed by atoms with Crippen LogP contribution >= 0.6 is 0 Å². The Morgan fingerprint density at radius 3 is 2.78 bits per heavy atom. The maximum absolute atomic E-state index is 11.7. The number of hydrogen-bond donors (Lipinski definition) is 3. The molecule has 1 aliphatic heterocycles. The Kier molecular flexibility index (Phi) is 6.83. The van der Waals surface area contributed by atoms with E-state index >= 15 is 0 Å². The van der Waals surface area contributed by atoms with Crippen LogP contribution in [0.25, 0.3) is 0 Å². The molecule has 2 rings (SSSR count). The Morgan fingerprint density at radius 1 is 1.22 bits per heavy atom. The Labute approximate surface area is 137 Å². The second-order valence-electron chi connectivity index (χ2n) is 6.53. The number of carbonyl (C=O) groups excluding carboxylic acids is 1. The van der Waals surface area contributed by atoms with Gasteiger partial charge in [-0.1, -0.05) is 20.3 Å². The zero-order valence-corrected chi connectivity index (χ0v) is 14.2. The quantitative estimate of drug-likeness (QED) is 0.704. The van der Waals surface area contributed by atoms with E-state index in [1.165, 1.54) is 19.3 Å². The first-order chi connectivity index (χ1) is 11.1. The topological polar surface area (TPSA) is 92.1 Å². The third kappa shape index (κ3) is 5.49. The molecule has 0 saturated heterocycles. The Morgan fingerprint density at radius 2 is 2.00 bits per heavy atom. The molecule has 0 aliphatic carbocycles. The van der Waals surface area contributed by atoms with Crippen molar-refractivity contribution in [3.63, 3.8) is 0 Å². The third-order valence-electron chi connectivity index (χ3n) is 4.32. The fourth-order valence-electron chi connectivity index (χ4n) is 2.75. The fraction of sp³-hybridized carbons (Fsp3) is 0.812. The standard InChI is InChI=1S/C16H29N5O2/c1-12(2)13(22)7-9-17-16(23)18-10-8-15-20-19-14-6-4-3-5-11-21(14)15/h12-13,22H,3-11H2,1-2H3,(H2,17,18,23). The summed E-state index contributed by atoms with van der Waals surface area (Å²) in [6.45, 7) is 5.93. The summed E-state index contributed by atoms with van der Waals surface area (Å²) in [5.41, 5.74) is 0. The Bertz CT molecular complexity index is 501. The van der Waals surface area contributed by atoms with Crippen molar-refractivity contribution >= 4 is 6.03 Å². The van der Waals surface area contributed by atoms with E-state index in [0.29, 0.717) is 25.9 Å². The van der Waals surface area contributed by atoms with Crippen LogP contribution in [0.4, 0.5) is 4.79 Å². The minimum atomic E-state index is -0.373. The minimum Gasteiger partial charge on any atom is -0.393 e. The molecule has 23 heavy (non-hydrogen) atoms. The molecule has 7 heteroatoms. The highest BCUT2D eigenvalue weighted by Crippen LogP contribution is 2.14. The van der Waals surface area contributed by atoms with Crippen molar-refractivity contribution in [3.8, 4) is 0 Å². The van der Waals surface area contributed by atoms with Crippen LogP contribution in [0.5, 0.6) is 0 Å². The number of hydrogen-bond acceptors (Lipinski definition) is 4. The highest BCUT2D eigenvalue weighted by atomic mass is 16.3. The fourth-order valence-corrected chi connectivity index (χ4v) is 2.75. The molecule has 3 N–H and O–H groups in total. The van der Waals surface area contributed by atoms with Crippen LogP contribution in [0.2, 0.25) is 0 Å². The van der Waals surface area contributed by atoms with E-state index in [-0.39, 0.29) is 18.1 Å².